The third kappa shape index (κ3) is 6.11. The molecule has 3 atom stereocenters. The fourth-order valence-corrected chi connectivity index (χ4v) is 3.84. The van der Waals surface area contributed by atoms with Gasteiger partial charge < -0.3 is 14.3 Å². The van der Waals surface area contributed by atoms with E-state index in [0.717, 1.165) is 31.3 Å². The molecule has 0 aliphatic carbocycles. The van der Waals surface area contributed by atoms with Crippen LogP contribution < -0.4 is 0 Å². The average molecular weight is 392 g/mol. The van der Waals surface area contributed by atoms with E-state index >= 15 is 0 Å². The van der Waals surface area contributed by atoms with Crippen molar-refractivity contribution in [3.05, 3.63) is 11.6 Å². The van der Waals surface area contributed by atoms with Crippen molar-refractivity contribution < 1.29 is 33.4 Å². The normalized spacial score (nSPS) is 23.7. The van der Waals surface area contributed by atoms with Crippen LogP contribution in [0.5, 0.6) is 0 Å². The first-order valence-electron chi connectivity index (χ1n) is 10.0. The molecule has 2 aliphatic rings. The highest BCUT2D eigenvalue weighted by molar-refractivity contribution is 5.96. The van der Waals surface area contributed by atoms with E-state index in [1.807, 2.05) is 13.0 Å². The third-order valence-corrected chi connectivity index (χ3v) is 5.39. The molecule has 0 spiro atoms. The highest BCUT2D eigenvalue weighted by Crippen LogP contribution is 2.34. The summed E-state index contributed by atoms with van der Waals surface area (Å²) in [6, 6.07) is 0. The highest BCUT2D eigenvalue weighted by Gasteiger charge is 2.40. The third-order valence-electron chi connectivity index (χ3n) is 5.39. The lowest BCUT2D eigenvalue weighted by Crippen LogP contribution is -2.20. The molecule has 0 radical (unpaired) electrons. The van der Waals surface area contributed by atoms with Crippen molar-refractivity contribution in [1.82, 2.24) is 0 Å². The van der Waals surface area contributed by atoms with Gasteiger partial charge in [-0.25, -0.2) is 0 Å². The minimum atomic E-state index is -0.608. The van der Waals surface area contributed by atoms with Gasteiger partial charge >= 0.3 is 23.9 Å². The molecule has 3 unspecified atom stereocenters. The standard InChI is InChI=1S/C21H28O7/c1-3-14(16-11-18(23)27-20(16)25)10-15(17-12-19(24)28-21(17)26)9-7-5-4-6-8-13(2)22/h10,15-17H,3-9,11-12H2,1-2H3/b14-10+. The first-order valence-corrected chi connectivity index (χ1v) is 10.0. The largest absolute Gasteiger partial charge is 0.393 e. The number of esters is 4. The number of allylic oxidation sites excluding steroid dienone is 1. The Kier molecular flexibility index (Phi) is 8.08. The minimum Gasteiger partial charge on any atom is -0.393 e. The Morgan fingerprint density at radius 3 is 2.18 bits per heavy atom. The zero-order valence-corrected chi connectivity index (χ0v) is 16.5. The molecule has 0 amide bonds. The van der Waals surface area contributed by atoms with Crippen LogP contribution in [0.25, 0.3) is 0 Å². The zero-order valence-electron chi connectivity index (χ0n) is 16.5. The number of ketones is 1. The topological polar surface area (TPSA) is 104 Å². The average Bonchev–Trinajstić information content (AvgIpc) is 3.13. The number of Topliss-reactive ketones (excluding diaryl/α,β-unsaturated/α-hetero) is 1. The van der Waals surface area contributed by atoms with Crippen molar-refractivity contribution >= 4 is 29.7 Å². The Labute approximate surface area is 164 Å². The second kappa shape index (κ2) is 10.3. The van der Waals surface area contributed by atoms with Crippen LogP contribution in [0.15, 0.2) is 11.6 Å². The van der Waals surface area contributed by atoms with E-state index in [2.05, 4.69) is 4.74 Å². The van der Waals surface area contributed by atoms with E-state index in [-0.39, 0.29) is 24.5 Å². The molecule has 2 saturated heterocycles. The predicted octanol–water partition coefficient (Wildman–Crippen LogP) is 3.05. The maximum absolute atomic E-state index is 12.1. The summed E-state index contributed by atoms with van der Waals surface area (Å²) in [5, 5.41) is 0. The molecule has 0 saturated carbocycles. The van der Waals surface area contributed by atoms with E-state index in [1.165, 1.54) is 0 Å². The predicted molar refractivity (Wildman–Crippen MR) is 98.7 cm³/mol. The van der Waals surface area contributed by atoms with Crippen LogP contribution in [0.4, 0.5) is 0 Å². The highest BCUT2D eigenvalue weighted by atomic mass is 16.6. The van der Waals surface area contributed by atoms with Gasteiger partial charge in [-0.3, -0.25) is 19.2 Å². The van der Waals surface area contributed by atoms with Gasteiger partial charge in [0.2, 0.25) is 0 Å². The number of cyclic esters (lactones) is 4. The van der Waals surface area contributed by atoms with Gasteiger partial charge in [0.1, 0.15) is 5.78 Å². The molecule has 2 heterocycles. The second-order valence-electron chi connectivity index (χ2n) is 7.57. The molecule has 0 aromatic carbocycles. The molecule has 154 valence electrons. The van der Waals surface area contributed by atoms with Crippen LogP contribution in [0.2, 0.25) is 0 Å². The van der Waals surface area contributed by atoms with Crippen LogP contribution in [0, 0.1) is 17.8 Å². The quantitative estimate of drug-likeness (QED) is 0.230. The summed E-state index contributed by atoms with van der Waals surface area (Å²) in [7, 11) is 0. The molecule has 28 heavy (non-hydrogen) atoms. The lowest BCUT2D eigenvalue weighted by molar-refractivity contribution is -0.154. The number of unbranched alkanes of at least 4 members (excludes halogenated alkanes) is 3. The molecule has 2 aliphatic heterocycles. The molecular formula is C21H28O7. The minimum absolute atomic E-state index is 0.0182. The van der Waals surface area contributed by atoms with Crippen LogP contribution in [-0.4, -0.2) is 29.7 Å². The maximum atomic E-state index is 12.1. The van der Waals surface area contributed by atoms with E-state index in [0.29, 0.717) is 19.3 Å². The maximum Gasteiger partial charge on any atom is 0.321 e. The van der Waals surface area contributed by atoms with Gasteiger partial charge in [-0.15, -0.1) is 0 Å². The van der Waals surface area contributed by atoms with E-state index in [1.54, 1.807) is 6.92 Å². The summed E-state index contributed by atoms with van der Waals surface area (Å²) in [5.41, 5.74) is 0.768. The Hall–Kier alpha value is -2.31. The summed E-state index contributed by atoms with van der Waals surface area (Å²) >= 11 is 0. The molecule has 7 heteroatoms. The van der Waals surface area contributed by atoms with Gasteiger partial charge in [0.15, 0.2) is 0 Å². The molecule has 0 aromatic heterocycles. The lowest BCUT2D eigenvalue weighted by Gasteiger charge is -2.20. The Balaban J connectivity index is 2.05. The first-order chi connectivity index (χ1) is 13.3. The molecule has 2 fully saturated rings. The molecule has 7 nitrogen and oxygen atoms in total. The number of carbonyl (C=O) groups excluding carboxylic acids is 5. The van der Waals surface area contributed by atoms with Gasteiger partial charge in [0.25, 0.3) is 0 Å². The van der Waals surface area contributed by atoms with Crippen molar-refractivity contribution in [2.75, 3.05) is 0 Å². The smallest absolute Gasteiger partial charge is 0.321 e. The zero-order chi connectivity index (χ0) is 20.7. The summed E-state index contributed by atoms with van der Waals surface area (Å²) in [6.07, 6.45) is 7.25. The van der Waals surface area contributed by atoms with Gasteiger partial charge in [0.05, 0.1) is 24.7 Å². The van der Waals surface area contributed by atoms with Crippen molar-refractivity contribution in [3.63, 3.8) is 0 Å². The van der Waals surface area contributed by atoms with E-state index < -0.39 is 35.7 Å². The summed E-state index contributed by atoms with van der Waals surface area (Å²) in [5.74, 6) is -3.35. The van der Waals surface area contributed by atoms with Crippen molar-refractivity contribution in [2.45, 2.75) is 71.6 Å². The molecule has 0 bridgehead atoms. The van der Waals surface area contributed by atoms with Gasteiger partial charge in [-0.2, -0.15) is 0 Å². The fourth-order valence-electron chi connectivity index (χ4n) is 3.84. The van der Waals surface area contributed by atoms with Crippen LogP contribution in [0.1, 0.15) is 71.6 Å². The van der Waals surface area contributed by atoms with Gasteiger partial charge in [-0.05, 0) is 32.1 Å². The summed E-state index contributed by atoms with van der Waals surface area (Å²) in [4.78, 5) is 58.0. The molecule has 2 rings (SSSR count). The van der Waals surface area contributed by atoms with Crippen LogP contribution in [0.3, 0.4) is 0 Å². The summed E-state index contributed by atoms with van der Waals surface area (Å²) in [6.45, 7) is 3.47. The first kappa shape index (κ1) is 22.0. The SMILES string of the molecule is CC/C(=C\C(CCCCCCC(C)=O)C1CC(=O)OC1=O)C1CC(=O)OC1=O. The van der Waals surface area contributed by atoms with Crippen molar-refractivity contribution in [3.8, 4) is 0 Å². The number of ether oxygens (including phenoxy) is 2. The van der Waals surface area contributed by atoms with Crippen molar-refractivity contribution in [1.29, 1.82) is 0 Å². The molecule has 0 aromatic rings. The Morgan fingerprint density at radius 1 is 1.00 bits per heavy atom. The van der Waals surface area contributed by atoms with Crippen LogP contribution in [-0.2, 0) is 33.4 Å². The Morgan fingerprint density at radius 2 is 1.64 bits per heavy atom. The van der Waals surface area contributed by atoms with E-state index in [4.69, 9.17) is 4.74 Å². The van der Waals surface area contributed by atoms with Crippen molar-refractivity contribution in [2.24, 2.45) is 17.8 Å². The summed E-state index contributed by atoms with van der Waals surface area (Å²) < 4.78 is 9.37. The van der Waals surface area contributed by atoms with Crippen LogP contribution >= 0.6 is 0 Å². The monoisotopic (exact) mass is 392 g/mol. The lowest BCUT2D eigenvalue weighted by atomic mass is 9.82. The number of hydrogen-bond donors (Lipinski definition) is 0. The number of rotatable bonds is 11. The van der Waals surface area contributed by atoms with E-state index in [9.17, 15) is 24.0 Å². The van der Waals surface area contributed by atoms with Gasteiger partial charge in [-0.1, -0.05) is 37.8 Å². The number of carbonyl (C=O) groups is 5. The molecular weight excluding hydrogens is 364 g/mol. The second-order valence-corrected chi connectivity index (χ2v) is 7.57. The molecule has 0 N–H and O–H groups in total. The fraction of sp³-hybridized carbons (Fsp3) is 0.667. The number of hydrogen-bond acceptors (Lipinski definition) is 7. The van der Waals surface area contributed by atoms with Gasteiger partial charge in [0, 0.05) is 6.42 Å². The Bertz CT molecular complexity index is 676.